The van der Waals surface area contributed by atoms with Gasteiger partial charge in [-0.15, -0.1) is 0 Å². The number of ether oxygens (including phenoxy) is 1. The lowest BCUT2D eigenvalue weighted by atomic mass is 10.1. The lowest BCUT2D eigenvalue weighted by molar-refractivity contribution is 0.357. The highest BCUT2D eigenvalue weighted by Crippen LogP contribution is 2.31. The first-order valence-electron chi connectivity index (χ1n) is 9.55. The molecule has 1 aromatic carbocycles. The maximum Gasteiger partial charge on any atom is 0.149 e. The van der Waals surface area contributed by atoms with Crippen molar-refractivity contribution in [3.05, 3.63) is 103 Å². The predicted octanol–water partition coefficient (Wildman–Crippen LogP) is 3.51. The van der Waals surface area contributed by atoms with Gasteiger partial charge in [-0.2, -0.15) is 5.10 Å². The highest BCUT2D eigenvalue weighted by molar-refractivity contribution is 8.01. The molecule has 32 heavy (non-hydrogen) atoms. The molecule has 0 aliphatic heterocycles. The second-order valence-corrected chi connectivity index (χ2v) is 7.31. The topological polar surface area (TPSA) is 128 Å². The van der Waals surface area contributed by atoms with Gasteiger partial charge in [0.2, 0.25) is 0 Å². The summed E-state index contributed by atoms with van der Waals surface area (Å²) in [6.45, 7) is 7.97. The summed E-state index contributed by atoms with van der Waals surface area (Å²) in [6, 6.07) is 9.98. The predicted molar refractivity (Wildman–Crippen MR) is 135 cm³/mol. The van der Waals surface area contributed by atoms with Crippen LogP contribution in [0.15, 0.2) is 103 Å². The van der Waals surface area contributed by atoms with E-state index in [1.54, 1.807) is 12.2 Å². The number of aromatic nitrogens is 2. The molecule has 0 radical (unpaired) electrons. The van der Waals surface area contributed by atoms with E-state index in [9.17, 15) is 0 Å². The van der Waals surface area contributed by atoms with E-state index in [-0.39, 0.29) is 17.0 Å². The van der Waals surface area contributed by atoms with Crippen LogP contribution in [0.4, 0.5) is 5.82 Å². The summed E-state index contributed by atoms with van der Waals surface area (Å²) in [4.78, 5) is 1.01. The van der Waals surface area contributed by atoms with Crippen molar-refractivity contribution < 1.29 is 15.7 Å². The van der Waals surface area contributed by atoms with E-state index in [1.807, 2.05) is 66.4 Å². The molecule has 0 saturated carbocycles. The Labute approximate surface area is 193 Å². The number of anilines is 1. The van der Waals surface area contributed by atoms with Crippen molar-refractivity contribution in [1.82, 2.24) is 9.78 Å². The van der Waals surface area contributed by atoms with E-state index in [1.165, 1.54) is 11.9 Å². The van der Waals surface area contributed by atoms with E-state index >= 15 is 0 Å². The average Bonchev–Trinajstić information content (AvgIpc) is 2.97. The summed E-state index contributed by atoms with van der Waals surface area (Å²) in [5.41, 5.74) is 2.89. The van der Waals surface area contributed by atoms with Crippen molar-refractivity contribution in [2.75, 3.05) is 11.9 Å². The van der Waals surface area contributed by atoms with Crippen molar-refractivity contribution in [1.29, 1.82) is 0 Å². The van der Waals surface area contributed by atoms with Crippen LogP contribution in [0.5, 0.6) is 5.75 Å². The molecule has 1 unspecified atom stereocenters. The third-order valence-electron chi connectivity index (χ3n) is 4.53. The van der Waals surface area contributed by atoms with Crippen molar-refractivity contribution >= 4 is 17.8 Å². The molecule has 1 aromatic heterocycles. The quantitative estimate of drug-likeness (QED) is 0.442. The molecule has 0 saturated heterocycles. The molecule has 0 spiro atoms. The van der Waals surface area contributed by atoms with Crippen LogP contribution < -0.4 is 15.2 Å². The molecule has 170 valence electrons. The summed E-state index contributed by atoms with van der Waals surface area (Å²) < 4.78 is 7.91. The number of benzene rings is 1. The summed E-state index contributed by atoms with van der Waals surface area (Å²) >= 11 is 1.23. The van der Waals surface area contributed by atoms with Gasteiger partial charge in [0.15, 0.2) is 0 Å². The monoisotopic (exact) mass is 454 g/mol. The van der Waals surface area contributed by atoms with Gasteiger partial charge in [-0.3, -0.25) is 9.82 Å². The van der Waals surface area contributed by atoms with Crippen molar-refractivity contribution in [3.8, 4) is 17.0 Å². The third-order valence-corrected chi connectivity index (χ3v) is 5.07. The second-order valence-electron chi connectivity index (χ2n) is 6.61. The number of rotatable bonds is 9. The number of allylic oxidation sites excluding steroid dienone is 5. The second kappa shape index (κ2) is 13.2. The van der Waals surface area contributed by atoms with Crippen LogP contribution in [0, 0.1) is 0 Å². The largest absolute Gasteiger partial charge is 0.488 e. The van der Waals surface area contributed by atoms with Gasteiger partial charge in [-0.05, 0) is 41.8 Å². The number of aryl methyl sites for hydroxylation is 1. The molecular formula is C24H30N4O3S. The lowest BCUT2D eigenvalue weighted by Gasteiger charge is -2.12. The molecule has 7 N–H and O–H groups in total. The van der Waals surface area contributed by atoms with Crippen LogP contribution in [0.1, 0.15) is 0 Å². The molecule has 7 nitrogen and oxygen atoms in total. The number of hydrogen-bond acceptors (Lipinski definition) is 5. The molecule has 2 aromatic rings. The minimum atomic E-state index is 0. The Morgan fingerprint density at radius 3 is 2.78 bits per heavy atom. The molecule has 0 amide bonds. The van der Waals surface area contributed by atoms with Crippen molar-refractivity contribution in [2.24, 2.45) is 12.2 Å². The minimum Gasteiger partial charge on any atom is -0.488 e. The molecule has 0 bridgehead atoms. The molecule has 1 atom stereocenters. The first-order chi connectivity index (χ1) is 14.6. The Hall–Kier alpha value is -3.30. The van der Waals surface area contributed by atoms with Gasteiger partial charge < -0.3 is 21.0 Å². The number of para-hydroxylation sites is 1. The van der Waals surface area contributed by atoms with Crippen LogP contribution in [0.25, 0.3) is 11.3 Å². The molecule has 0 fully saturated rings. The molecule has 1 aliphatic rings. The van der Waals surface area contributed by atoms with Crippen LogP contribution in [0.2, 0.25) is 0 Å². The first-order valence-corrected chi connectivity index (χ1v) is 10.4. The Kier molecular flexibility index (Phi) is 11.0. The van der Waals surface area contributed by atoms with Crippen molar-refractivity contribution in [3.63, 3.8) is 0 Å². The van der Waals surface area contributed by atoms with Crippen LogP contribution in [-0.4, -0.2) is 33.4 Å². The van der Waals surface area contributed by atoms with Gasteiger partial charge in [-0.1, -0.05) is 61.7 Å². The maximum atomic E-state index is 6.06. The van der Waals surface area contributed by atoms with Gasteiger partial charge in [0.25, 0.3) is 0 Å². The number of nitrogens with zero attached hydrogens (tertiary/aromatic N) is 2. The summed E-state index contributed by atoms with van der Waals surface area (Å²) in [5.74, 6) is 1.57. The summed E-state index contributed by atoms with van der Waals surface area (Å²) in [6.07, 6.45) is 15.5. The minimum absolute atomic E-state index is 0. The average molecular weight is 455 g/mol. The Morgan fingerprint density at radius 2 is 2.06 bits per heavy atom. The fraction of sp³-hybridized carbons (Fsp3) is 0.125. The number of hydrogen-bond donors (Lipinski definition) is 2. The van der Waals surface area contributed by atoms with Gasteiger partial charge in [-0.25, -0.2) is 0 Å². The Morgan fingerprint density at radius 1 is 1.28 bits per heavy atom. The van der Waals surface area contributed by atoms with E-state index in [0.717, 1.165) is 33.3 Å². The molecule has 1 aliphatic carbocycles. The number of nitrogens with one attached hydrogen (secondary N) is 1. The molecular weight excluding hydrogens is 424 g/mol. The fourth-order valence-corrected chi connectivity index (χ4v) is 3.33. The smallest absolute Gasteiger partial charge is 0.149 e. The fourth-order valence-electron chi connectivity index (χ4n) is 3.02. The highest BCUT2D eigenvalue weighted by Gasteiger charge is 2.14. The van der Waals surface area contributed by atoms with Gasteiger partial charge in [0, 0.05) is 23.6 Å². The van der Waals surface area contributed by atoms with Gasteiger partial charge in [0.05, 0.1) is 11.7 Å². The molecule has 3 rings (SSSR count). The molecule has 1 heterocycles. The maximum absolute atomic E-state index is 6.06. The zero-order chi connectivity index (χ0) is 21.3. The first kappa shape index (κ1) is 26.7. The van der Waals surface area contributed by atoms with E-state index in [0.29, 0.717) is 6.61 Å². The lowest BCUT2D eigenvalue weighted by Crippen LogP contribution is -2.13. The zero-order valence-corrected chi connectivity index (χ0v) is 18.8. The van der Waals surface area contributed by atoms with E-state index in [4.69, 9.17) is 9.88 Å². The molecule has 8 heteroatoms. The van der Waals surface area contributed by atoms with Crippen LogP contribution in [-0.2, 0) is 7.05 Å². The van der Waals surface area contributed by atoms with Gasteiger partial charge in [0.1, 0.15) is 18.2 Å². The van der Waals surface area contributed by atoms with Crippen LogP contribution in [0.3, 0.4) is 0 Å². The summed E-state index contributed by atoms with van der Waals surface area (Å²) in [5, 5.41) is 13.7. The number of nitrogens with two attached hydrogens (primary N) is 1. The summed E-state index contributed by atoms with van der Waals surface area (Å²) in [7, 11) is 1.92. The normalized spacial score (nSPS) is 15.0. The third kappa shape index (κ3) is 6.86. The van der Waals surface area contributed by atoms with Crippen LogP contribution >= 0.6 is 11.9 Å². The van der Waals surface area contributed by atoms with E-state index in [2.05, 4.69) is 35.7 Å². The Bertz CT molecular complexity index is 1040. The SMILES string of the molecule is C=C/C=C(\C=C)COc1ccccc1-c1cc(NC2C=CC=C(SN)C=C2)nn1C.O.O. The van der Waals surface area contributed by atoms with Gasteiger partial charge >= 0.3 is 0 Å². The van der Waals surface area contributed by atoms with E-state index < -0.39 is 0 Å². The zero-order valence-electron chi connectivity index (χ0n) is 18.0. The Balaban J connectivity index is 0.00000256. The standard InChI is InChI=1S/C24H26N4OS.2H2O/c1-4-9-18(5-2)17-29-23-13-7-6-12-21(23)22-16-24(27-28(22)3)26-19-10-8-11-20(30-25)15-14-19;;/h4-16,19H,1-2,17,25H2,3H3,(H,26,27);2*1H2/b18-9+;;. The highest BCUT2D eigenvalue weighted by atomic mass is 32.2. The van der Waals surface area contributed by atoms with Crippen molar-refractivity contribution in [2.45, 2.75) is 6.04 Å².